The minimum atomic E-state index is -1.11. The van der Waals surface area contributed by atoms with Gasteiger partial charge in [-0.2, -0.15) is 5.10 Å². The largest absolute Gasteiger partial charge is 0.485 e. The molecule has 3 atom stereocenters. The number of carbonyl (C=O) groups excluding carboxylic acids is 2. The molecule has 0 aliphatic rings. The first-order chi connectivity index (χ1) is 71.5. The molecule has 0 radical (unpaired) electrons. The van der Waals surface area contributed by atoms with Gasteiger partial charge >= 0.3 is 17.5 Å². The molecule has 146 heavy (non-hydrogen) atoms. The van der Waals surface area contributed by atoms with E-state index in [9.17, 15) is 29.4 Å². The maximum Gasteiger partial charge on any atom is 0.434 e. The number of aromatic nitrogens is 8. The molecule has 0 saturated heterocycles. The van der Waals surface area contributed by atoms with Crippen molar-refractivity contribution in [1.82, 2.24) is 50.5 Å². The number of pyridine rings is 3. The number of hydrogen-bond acceptors (Lipinski definition) is 23. The van der Waals surface area contributed by atoms with Gasteiger partial charge in [0.1, 0.15) is 56.7 Å². The number of amides is 2. The fraction of sp³-hybridized carbons (Fsp3) is 0.161. The number of aromatic amines is 2. The van der Waals surface area contributed by atoms with E-state index in [0.717, 1.165) is 33.4 Å². The molecule has 0 fully saturated rings. The molecule has 28 heteroatoms. The van der Waals surface area contributed by atoms with E-state index in [0.29, 0.717) is 78.9 Å². The van der Waals surface area contributed by atoms with Crippen LogP contribution in [0.1, 0.15) is 64.6 Å². The number of urea groups is 1. The molecule has 0 aliphatic heterocycles. The Balaban J connectivity index is 0.000000317. The Labute approximate surface area is 847 Å². The summed E-state index contributed by atoms with van der Waals surface area (Å²) in [7, 11) is 0. The van der Waals surface area contributed by atoms with Crippen LogP contribution in [0.4, 0.5) is 4.79 Å². The number of hydrogen-bond donors (Lipinski definition) is 11. The van der Waals surface area contributed by atoms with E-state index in [4.69, 9.17) is 78.3 Å². The fourth-order valence-electron chi connectivity index (χ4n) is 9.83. The number of nitrogens with one attached hydrogen (secondary N) is 4. The molecule has 718 valence electrons. The number of carbonyl (C=O) groups is 2. The minimum Gasteiger partial charge on any atom is -0.485 e. The third kappa shape index (κ3) is 51.7. The normalized spacial score (nSPS) is 9.09. The number of nitrogens with zero attached hydrogens (tertiary/aromatic N) is 6. The second-order valence-corrected chi connectivity index (χ2v) is 27.1. The van der Waals surface area contributed by atoms with E-state index in [2.05, 4.69) is 277 Å². The summed E-state index contributed by atoms with van der Waals surface area (Å²) in [4.78, 5) is 60.5. The summed E-state index contributed by atoms with van der Waals surface area (Å²) in [5.74, 6) is 97.9. The summed E-state index contributed by atoms with van der Waals surface area (Å²) in [6.45, 7) is 5.41. The van der Waals surface area contributed by atoms with E-state index in [1.54, 1.807) is 32.9 Å². The SMILES string of the molecule is C#CC#CC#C.C#CC#CC#CC#CC#CC#CC#CC#CC#CC.CC#CC#CC#CC#CC#CC#CC#CC#CC#CC.NC[C@@H](O)CO.O=C(NCC(=O)c1cc(OCc2ccccc2)c(OCc2ccccc2)cn1)NC[C@@H](O)CO.O=c1[nH]nc(-c2cc(OCc3ccccc3)c(OCc3ccccc3)cn2)n1C[C@@H](O)CO.O=c1[nH]nc(-c2cc(OCc3ccccc3)c(OCc3ccccc3)cn2)o1. The van der Waals surface area contributed by atoms with Crippen molar-refractivity contribution in [2.24, 2.45) is 5.73 Å². The Morgan fingerprint density at radius 1 is 0.377 bits per heavy atom. The number of ketones is 1. The number of nitrogens with two attached hydrogens (primary N) is 1. The molecule has 5 aromatic heterocycles. The topological polar surface area (TPSA) is 409 Å². The number of ether oxygens (including phenoxy) is 6. The first-order valence-corrected chi connectivity index (χ1v) is 43.0. The van der Waals surface area contributed by atoms with Gasteiger partial charge in [0.2, 0.25) is 0 Å². The summed E-state index contributed by atoms with van der Waals surface area (Å²) in [5, 5.41) is 70.5. The monoisotopic (exact) mass is 1930 g/mol. The maximum absolute atomic E-state index is 12.6. The van der Waals surface area contributed by atoms with E-state index in [-0.39, 0.29) is 56.8 Å². The van der Waals surface area contributed by atoms with Gasteiger partial charge in [0.05, 0.1) is 69.8 Å². The van der Waals surface area contributed by atoms with Gasteiger partial charge in [-0.05, 0) is 267 Å². The van der Waals surface area contributed by atoms with E-state index in [1.165, 1.54) is 29.2 Å². The zero-order valence-corrected chi connectivity index (χ0v) is 78.9. The van der Waals surface area contributed by atoms with Crippen molar-refractivity contribution in [3.05, 3.63) is 279 Å². The molecule has 0 spiro atoms. The number of terminal acetylenes is 3. The molecular formula is C118H89N11O17. The second kappa shape index (κ2) is 75.0. The lowest BCUT2D eigenvalue weighted by molar-refractivity contribution is 0.0807. The van der Waals surface area contributed by atoms with Crippen molar-refractivity contribution in [2.75, 3.05) is 39.5 Å². The molecule has 2 amide bonds. The number of aliphatic hydroxyl groups is 6. The van der Waals surface area contributed by atoms with Gasteiger partial charge in [0, 0.05) is 31.3 Å². The zero-order chi connectivity index (χ0) is 105. The molecule has 0 unspecified atom stereocenters. The molecule has 5 heterocycles. The number of benzene rings is 6. The Morgan fingerprint density at radius 3 is 0.973 bits per heavy atom. The molecule has 6 aromatic carbocycles. The first kappa shape index (κ1) is 115. The number of rotatable bonds is 31. The first-order valence-electron chi connectivity index (χ1n) is 43.0. The van der Waals surface area contributed by atoms with Crippen LogP contribution in [0.25, 0.3) is 23.1 Å². The quantitative estimate of drug-likeness (QED) is 0.0144. The Hall–Kier alpha value is -21.1. The minimum absolute atomic E-state index is 0.0872. The van der Waals surface area contributed by atoms with Crippen LogP contribution in [-0.4, -0.2) is 140 Å². The maximum atomic E-state index is 12.6. The highest BCUT2D eigenvalue weighted by molar-refractivity contribution is 5.98. The Bertz CT molecular complexity index is 7560. The van der Waals surface area contributed by atoms with E-state index >= 15 is 0 Å². The van der Waals surface area contributed by atoms with Crippen molar-refractivity contribution in [2.45, 2.75) is 85.3 Å². The third-order valence-corrected chi connectivity index (χ3v) is 16.5. The van der Waals surface area contributed by atoms with Crippen molar-refractivity contribution in [3.63, 3.8) is 0 Å². The standard InChI is InChI=1S/C25H27N3O6.C24H24N4O5.C21H17N3O4.C20H6.C19H4.C6H2.C3H9NO2/c29-15-20(30)12-27-25(32)28-13-22(31)21-11-23(33-16-18-7-3-1-4-8-18)24(14-26-21)34-17-19-9-5-2-6-10-19;29-14-19(30)13-28-23(26-27-24(28)31)20-11-21(32-15-17-7-3-1-4-8-17)22(12-25-20)33-16-18-9-5-2-6-10-18;25-21-24-23-20(28-21)17-11-18(26-13-15-7-3-1-4-8-15)19(12-22-17)27-14-16-9-5-2-6-10-16;1-3-5-7-9-11-13-15-17-19-20-18-16-14-12-10-8-6-4-2;1-3-5-7-9-11-13-15-17-19-18-16-14-12-10-8-6-4-2;1-3-5-6-4-2;4-1-3(6)2-5/h1-11,14,20,29-30H,12-13,15-17H2,(H2,27,28,32);1-12,19,29-30H,13-16H2,(H,27,31);1-12H,13-14H2,(H,24,25);1-2H3;1H,2H3;1-2H;3,5-6H,1-2,4H2/t20-;19-;;;;;3-/m11....1/s1. The van der Waals surface area contributed by atoms with Crippen LogP contribution in [0.15, 0.2) is 233 Å². The molecule has 11 rings (SSSR count). The van der Waals surface area contributed by atoms with Crippen LogP contribution in [0.5, 0.6) is 34.5 Å². The van der Waals surface area contributed by atoms with Crippen LogP contribution < -0.4 is 56.2 Å². The average Bonchev–Trinajstić information content (AvgIpc) is 1.62. The predicted molar refractivity (Wildman–Crippen MR) is 553 cm³/mol. The van der Waals surface area contributed by atoms with Gasteiger partial charge in [-0.25, -0.2) is 39.5 Å². The van der Waals surface area contributed by atoms with Gasteiger partial charge in [0.15, 0.2) is 46.1 Å². The molecule has 0 bridgehead atoms. The molecule has 11 aromatic rings. The summed E-state index contributed by atoms with van der Waals surface area (Å²) in [6, 6.07) is 62.3. The average molecular weight is 1930 g/mol. The summed E-state index contributed by atoms with van der Waals surface area (Å²) >= 11 is 0. The lowest BCUT2D eigenvalue weighted by Crippen LogP contribution is -2.42. The van der Waals surface area contributed by atoms with E-state index in [1.807, 2.05) is 182 Å². The lowest BCUT2D eigenvalue weighted by Gasteiger charge is -2.14. The highest BCUT2D eigenvalue weighted by Gasteiger charge is 2.21. The predicted octanol–water partition coefficient (Wildman–Crippen LogP) is 8.08. The molecule has 12 N–H and O–H groups in total. The molecule has 0 saturated carbocycles. The van der Waals surface area contributed by atoms with Gasteiger partial charge in [-0.15, -0.1) is 24.4 Å². The van der Waals surface area contributed by atoms with Crippen molar-refractivity contribution in [1.29, 1.82) is 0 Å². The molecule has 28 nitrogen and oxygen atoms in total. The Morgan fingerprint density at radius 2 is 0.671 bits per heavy atom. The van der Waals surface area contributed by atoms with Crippen molar-refractivity contribution < 1.29 is 73.1 Å². The molecule has 0 aliphatic carbocycles. The smallest absolute Gasteiger partial charge is 0.434 e. The zero-order valence-electron chi connectivity index (χ0n) is 78.9. The summed E-state index contributed by atoms with van der Waals surface area (Å²) in [5.41, 5.74) is 11.1. The Kier molecular flexibility index (Phi) is 59.3. The molecular weight excluding hydrogens is 1840 g/mol. The number of aliphatic hydroxyl groups excluding tert-OH is 6. The number of H-pyrrole nitrogens is 2. The van der Waals surface area contributed by atoms with Crippen molar-refractivity contribution in [3.8, 4) is 308 Å². The summed E-state index contributed by atoms with van der Waals surface area (Å²) < 4.78 is 41.9. The lowest BCUT2D eigenvalue weighted by atomic mass is 10.2. The van der Waals surface area contributed by atoms with Crippen LogP contribution >= 0.6 is 0 Å². The van der Waals surface area contributed by atoms with Crippen LogP contribution in [-0.2, 0) is 46.2 Å². The van der Waals surface area contributed by atoms with Gasteiger partial charge < -0.3 is 79.8 Å². The van der Waals surface area contributed by atoms with Crippen LogP contribution in [0.2, 0.25) is 0 Å². The highest BCUT2D eigenvalue weighted by Crippen LogP contribution is 2.34. The fourth-order valence-corrected chi connectivity index (χ4v) is 9.83. The van der Waals surface area contributed by atoms with Crippen molar-refractivity contribution >= 4 is 11.8 Å². The van der Waals surface area contributed by atoms with Gasteiger partial charge in [-0.3, -0.25) is 9.36 Å². The third-order valence-electron chi connectivity index (χ3n) is 16.5. The van der Waals surface area contributed by atoms with Gasteiger partial charge in [0.25, 0.3) is 5.89 Å². The van der Waals surface area contributed by atoms with Crippen LogP contribution in [0, 0.1) is 250 Å². The van der Waals surface area contributed by atoms with Gasteiger partial charge in [-0.1, -0.05) is 200 Å². The number of Topliss-reactive ketones (excluding diaryl/α,β-unsaturated/α-hetero) is 1. The van der Waals surface area contributed by atoms with Crippen LogP contribution in [0.3, 0.4) is 0 Å². The highest BCUT2D eigenvalue weighted by atomic mass is 16.5. The second-order valence-electron chi connectivity index (χ2n) is 27.1. The van der Waals surface area contributed by atoms with E-state index < -0.39 is 54.8 Å². The summed E-state index contributed by atoms with van der Waals surface area (Å²) in [6.07, 6.45) is 15.8.